The lowest BCUT2D eigenvalue weighted by atomic mass is 10.0. The van der Waals surface area contributed by atoms with Crippen molar-refractivity contribution < 1.29 is 0 Å². The summed E-state index contributed by atoms with van der Waals surface area (Å²) in [5.74, 6) is 0.944. The van der Waals surface area contributed by atoms with Gasteiger partial charge in [-0.15, -0.1) is 0 Å². The Bertz CT molecular complexity index is 304. The summed E-state index contributed by atoms with van der Waals surface area (Å²) in [6, 6.07) is 6.67. The van der Waals surface area contributed by atoms with E-state index in [1.54, 1.807) is 0 Å². The van der Waals surface area contributed by atoms with Crippen LogP contribution < -0.4 is 5.32 Å². The third-order valence-corrected chi connectivity index (χ3v) is 3.26. The molecule has 0 spiro atoms. The molecule has 0 unspecified atom stereocenters. The average molecular weight is 203 g/mol. The van der Waals surface area contributed by atoms with E-state index in [1.165, 1.54) is 36.2 Å². The lowest BCUT2D eigenvalue weighted by molar-refractivity contribution is 0.882. The molecule has 0 aromatic heterocycles. The van der Waals surface area contributed by atoms with Crippen LogP contribution in [0.1, 0.15) is 37.8 Å². The van der Waals surface area contributed by atoms with Crippen molar-refractivity contribution in [1.29, 1.82) is 0 Å². The molecule has 0 amide bonds. The monoisotopic (exact) mass is 203 g/mol. The van der Waals surface area contributed by atoms with Gasteiger partial charge < -0.3 is 5.32 Å². The molecule has 1 aliphatic carbocycles. The van der Waals surface area contributed by atoms with Gasteiger partial charge in [0.1, 0.15) is 0 Å². The number of para-hydroxylation sites is 1. The second kappa shape index (κ2) is 4.69. The Kier molecular flexibility index (Phi) is 3.30. The van der Waals surface area contributed by atoms with E-state index in [2.05, 4.69) is 37.4 Å². The van der Waals surface area contributed by atoms with Crippen molar-refractivity contribution in [2.45, 2.75) is 39.5 Å². The highest BCUT2D eigenvalue weighted by Crippen LogP contribution is 2.30. The van der Waals surface area contributed by atoms with Crippen LogP contribution in [-0.2, 0) is 12.8 Å². The van der Waals surface area contributed by atoms with Crippen LogP contribution >= 0.6 is 0 Å². The molecule has 0 atom stereocenters. The van der Waals surface area contributed by atoms with E-state index in [-0.39, 0.29) is 0 Å². The van der Waals surface area contributed by atoms with Crippen molar-refractivity contribution in [2.24, 2.45) is 5.92 Å². The van der Waals surface area contributed by atoms with Gasteiger partial charge in [-0.3, -0.25) is 0 Å². The van der Waals surface area contributed by atoms with Gasteiger partial charge in [-0.1, -0.05) is 32.0 Å². The third-order valence-electron chi connectivity index (χ3n) is 3.26. The van der Waals surface area contributed by atoms with E-state index in [9.17, 15) is 0 Å². The van der Waals surface area contributed by atoms with Crippen LogP contribution in [0.3, 0.4) is 0 Å². The maximum Gasteiger partial charge on any atom is 0.0405 e. The maximum absolute atomic E-state index is 3.65. The van der Waals surface area contributed by atoms with E-state index in [0.717, 1.165) is 18.8 Å². The summed E-state index contributed by atoms with van der Waals surface area (Å²) in [7, 11) is 0. The lowest BCUT2D eigenvalue weighted by Crippen LogP contribution is -2.08. The highest BCUT2D eigenvalue weighted by atomic mass is 14.9. The zero-order valence-corrected chi connectivity index (χ0v) is 9.84. The Labute approximate surface area is 92.9 Å². The predicted octanol–water partition coefficient (Wildman–Crippen LogP) is 3.63. The molecule has 1 saturated carbocycles. The summed E-state index contributed by atoms with van der Waals surface area (Å²) in [5, 5.41) is 3.65. The van der Waals surface area contributed by atoms with Crippen LogP contribution in [0.15, 0.2) is 18.2 Å². The molecule has 1 aliphatic rings. The summed E-state index contributed by atoms with van der Waals surface area (Å²) in [4.78, 5) is 0. The second-order valence-corrected chi connectivity index (χ2v) is 4.48. The highest BCUT2D eigenvalue weighted by molar-refractivity contribution is 5.58. The Morgan fingerprint density at radius 2 is 1.73 bits per heavy atom. The number of hydrogen-bond acceptors (Lipinski definition) is 1. The maximum atomic E-state index is 3.65. The number of rotatable bonds is 5. The van der Waals surface area contributed by atoms with Crippen molar-refractivity contribution in [2.75, 3.05) is 11.9 Å². The van der Waals surface area contributed by atoms with Crippen LogP contribution in [0.25, 0.3) is 0 Å². The van der Waals surface area contributed by atoms with Gasteiger partial charge in [-0.25, -0.2) is 0 Å². The van der Waals surface area contributed by atoms with E-state index in [0.29, 0.717) is 0 Å². The molecule has 0 bridgehead atoms. The molecule has 1 fully saturated rings. The number of nitrogens with one attached hydrogen (secondary N) is 1. The fraction of sp³-hybridized carbons (Fsp3) is 0.571. The molecule has 15 heavy (non-hydrogen) atoms. The van der Waals surface area contributed by atoms with E-state index in [4.69, 9.17) is 0 Å². The first-order valence-electron chi connectivity index (χ1n) is 6.19. The average Bonchev–Trinajstić information content (AvgIpc) is 3.09. The van der Waals surface area contributed by atoms with E-state index >= 15 is 0 Å². The van der Waals surface area contributed by atoms with Crippen LogP contribution in [0.4, 0.5) is 5.69 Å². The molecule has 0 heterocycles. The molecule has 0 saturated heterocycles. The topological polar surface area (TPSA) is 12.0 Å². The van der Waals surface area contributed by atoms with Gasteiger partial charge in [-0.2, -0.15) is 0 Å². The number of benzene rings is 1. The lowest BCUT2D eigenvalue weighted by Gasteiger charge is -2.14. The molecular weight excluding hydrogens is 182 g/mol. The molecule has 1 nitrogen and oxygen atoms in total. The van der Waals surface area contributed by atoms with Gasteiger partial charge in [0.25, 0.3) is 0 Å². The molecule has 0 radical (unpaired) electrons. The molecular formula is C14H21N. The Morgan fingerprint density at radius 1 is 1.13 bits per heavy atom. The fourth-order valence-corrected chi connectivity index (χ4v) is 2.04. The van der Waals surface area contributed by atoms with Crippen LogP contribution in [0.5, 0.6) is 0 Å². The molecule has 0 aliphatic heterocycles. The number of hydrogen-bond donors (Lipinski definition) is 1. The first-order chi connectivity index (χ1) is 7.35. The van der Waals surface area contributed by atoms with Crippen molar-refractivity contribution >= 4 is 5.69 Å². The largest absolute Gasteiger partial charge is 0.384 e. The van der Waals surface area contributed by atoms with Crippen LogP contribution in [0, 0.1) is 5.92 Å². The number of anilines is 1. The molecule has 1 N–H and O–H groups in total. The third kappa shape index (κ3) is 2.53. The quantitative estimate of drug-likeness (QED) is 0.770. The Morgan fingerprint density at radius 3 is 2.20 bits per heavy atom. The van der Waals surface area contributed by atoms with Crippen molar-refractivity contribution in [3.05, 3.63) is 29.3 Å². The molecule has 82 valence electrons. The summed E-state index contributed by atoms with van der Waals surface area (Å²) < 4.78 is 0. The van der Waals surface area contributed by atoms with E-state index in [1.807, 2.05) is 0 Å². The predicted molar refractivity (Wildman–Crippen MR) is 66.4 cm³/mol. The van der Waals surface area contributed by atoms with Gasteiger partial charge in [0.2, 0.25) is 0 Å². The Balaban J connectivity index is 2.15. The minimum absolute atomic E-state index is 0.944. The molecule has 2 rings (SSSR count). The zero-order chi connectivity index (χ0) is 10.7. The Hall–Kier alpha value is -0.980. The summed E-state index contributed by atoms with van der Waals surface area (Å²) in [5.41, 5.74) is 4.35. The number of aryl methyl sites for hydroxylation is 2. The molecule has 1 heteroatoms. The minimum atomic E-state index is 0.944. The highest BCUT2D eigenvalue weighted by Gasteiger charge is 2.21. The first kappa shape index (κ1) is 10.5. The fourth-order valence-electron chi connectivity index (χ4n) is 2.04. The molecule has 1 aromatic rings. The minimum Gasteiger partial charge on any atom is -0.384 e. The standard InChI is InChI=1S/C14H21N/c1-3-12-6-5-7-13(4-2)14(12)15-10-11-8-9-11/h5-7,11,15H,3-4,8-10H2,1-2H3. The zero-order valence-electron chi connectivity index (χ0n) is 9.84. The van der Waals surface area contributed by atoms with Gasteiger partial charge in [0.15, 0.2) is 0 Å². The van der Waals surface area contributed by atoms with Crippen LogP contribution in [0.2, 0.25) is 0 Å². The van der Waals surface area contributed by atoms with E-state index < -0.39 is 0 Å². The van der Waals surface area contributed by atoms with Crippen LogP contribution in [-0.4, -0.2) is 6.54 Å². The van der Waals surface area contributed by atoms with Crippen molar-refractivity contribution in [1.82, 2.24) is 0 Å². The molecule has 1 aromatic carbocycles. The summed E-state index contributed by atoms with van der Waals surface area (Å²) in [6.07, 6.45) is 5.09. The first-order valence-corrected chi connectivity index (χ1v) is 6.19. The smallest absolute Gasteiger partial charge is 0.0405 e. The normalized spacial score (nSPS) is 15.3. The van der Waals surface area contributed by atoms with Gasteiger partial charge in [0.05, 0.1) is 0 Å². The second-order valence-electron chi connectivity index (χ2n) is 4.48. The van der Waals surface area contributed by atoms with Gasteiger partial charge in [-0.05, 0) is 42.7 Å². The SMILES string of the molecule is CCc1cccc(CC)c1NCC1CC1. The van der Waals surface area contributed by atoms with Gasteiger partial charge in [0, 0.05) is 12.2 Å². The summed E-state index contributed by atoms with van der Waals surface area (Å²) >= 11 is 0. The van der Waals surface area contributed by atoms with Crippen molar-refractivity contribution in [3.63, 3.8) is 0 Å². The van der Waals surface area contributed by atoms with Crippen molar-refractivity contribution in [3.8, 4) is 0 Å². The summed E-state index contributed by atoms with van der Waals surface area (Å²) in [6.45, 7) is 5.64. The van der Waals surface area contributed by atoms with Gasteiger partial charge >= 0.3 is 0 Å².